The summed E-state index contributed by atoms with van der Waals surface area (Å²) < 4.78 is 2.30. The fourth-order valence-electron chi connectivity index (χ4n) is 0.954. The van der Waals surface area contributed by atoms with E-state index in [0.29, 0.717) is 6.42 Å². The Morgan fingerprint density at radius 1 is 1.54 bits per heavy atom. The molecule has 13 heavy (non-hydrogen) atoms. The van der Waals surface area contributed by atoms with Gasteiger partial charge in [-0.25, -0.2) is 3.11 Å². The van der Waals surface area contributed by atoms with Crippen molar-refractivity contribution < 1.29 is 4.79 Å². The Hall–Kier alpha value is 0.790. The Kier molecular flexibility index (Phi) is 5.13. The molecule has 0 aliphatic heterocycles. The van der Waals surface area contributed by atoms with Crippen molar-refractivity contribution in [1.82, 2.24) is 3.11 Å². The van der Waals surface area contributed by atoms with E-state index in [1.807, 2.05) is 35.7 Å². The van der Waals surface area contributed by atoms with Gasteiger partial charge in [0.15, 0.2) is 3.79 Å². The minimum Gasteiger partial charge on any atom is -0.287 e. The smallest absolute Gasteiger partial charge is 0.197 e. The molecule has 0 unspecified atom stereocenters. The van der Waals surface area contributed by atoms with E-state index in [2.05, 4.69) is 32.0 Å². The van der Waals surface area contributed by atoms with Gasteiger partial charge in [-0.1, -0.05) is 0 Å². The third-order valence-corrected chi connectivity index (χ3v) is 3.20. The zero-order chi connectivity index (χ0) is 9.84. The van der Waals surface area contributed by atoms with Crippen LogP contribution in [0.3, 0.4) is 0 Å². The number of nitrogens with zero attached hydrogens (tertiary/aromatic N) is 1. The molecule has 0 atom stereocenters. The van der Waals surface area contributed by atoms with Crippen molar-refractivity contribution in [1.29, 1.82) is 0 Å². The molecular weight excluding hydrogens is 412 g/mol. The highest BCUT2D eigenvalue weighted by Gasteiger charge is 2.04. The maximum Gasteiger partial charge on any atom is 0.197 e. The van der Waals surface area contributed by atoms with Gasteiger partial charge < -0.3 is 0 Å². The highest BCUT2D eigenvalue weighted by atomic mass is 127. The van der Waals surface area contributed by atoms with Crippen LogP contribution in [0.15, 0.2) is 12.1 Å². The molecule has 72 valence electrons. The molecule has 0 spiro atoms. The summed E-state index contributed by atoms with van der Waals surface area (Å²) in [6.07, 6.45) is 0.566. The molecule has 2 nitrogen and oxygen atoms in total. The third-order valence-electron chi connectivity index (χ3n) is 1.40. The van der Waals surface area contributed by atoms with Gasteiger partial charge in [-0.3, -0.25) is 4.79 Å². The van der Waals surface area contributed by atoms with Crippen molar-refractivity contribution in [3.05, 3.63) is 21.9 Å². The summed E-state index contributed by atoms with van der Waals surface area (Å²) in [5, 5.41) is 0. The molecule has 0 N–H and O–H groups in total. The van der Waals surface area contributed by atoms with Crippen molar-refractivity contribution in [3.8, 4) is 0 Å². The normalized spacial score (nSPS) is 10.8. The molecule has 5 heteroatoms. The molecule has 0 saturated carbocycles. The fourth-order valence-corrected chi connectivity index (χ4v) is 3.29. The van der Waals surface area contributed by atoms with E-state index in [1.54, 1.807) is 11.3 Å². The largest absolute Gasteiger partial charge is 0.287 e. The molecule has 0 aliphatic rings. The van der Waals surface area contributed by atoms with Gasteiger partial charge in [0.1, 0.15) is 0 Å². The van der Waals surface area contributed by atoms with Crippen molar-refractivity contribution in [3.63, 3.8) is 0 Å². The van der Waals surface area contributed by atoms with E-state index in [1.165, 1.54) is 4.88 Å². The number of hydrogen-bond acceptors (Lipinski definition) is 3. The number of thiophene rings is 1. The second kappa shape index (κ2) is 5.62. The van der Waals surface area contributed by atoms with Crippen LogP contribution >= 0.6 is 56.8 Å². The first-order chi connectivity index (χ1) is 6.08. The summed E-state index contributed by atoms with van der Waals surface area (Å²) >= 11 is 5.81. The zero-order valence-electron chi connectivity index (χ0n) is 7.09. The molecule has 0 bridgehead atoms. The van der Waals surface area contributed by atoms with Crippen LogP contribution in [0.1, 0.15) is 9.75 Å². The topological polar surface area (TPSA) is 20.3 Å². The van der Waals surface area contributed by atoms with Gasteiger partial charge in [-0.05, 0) is 41.8 Å². The van der Waals surface area contributed by atoms with Gasteiger partial charge in [-0.2, -0.15) is 0 Å². The first-order valence-electron chi connectivity index (χ1n) is 3.71. The van der Waals surface area contributed by atoms with Crippen LogP contribution in [0.4, 0.5) is 0 Å². The first kappa shape index (κ1) is 11.9. The lowest BCUT2D eigenvalue weighted by Crippen LogP contribution is -2.00. The molecule has 0 aromatic carbocycles. The molecular formula is C8H9I2NOS. The van der Waals surface area contributed by atoms with Crippen LogP contribution in [-0.4, -0.2) is 14.0 Å². The number of halogens is 2. The lowest BCUT2D eigenvalue weighted by atomic mass is 10.3. The number of hydrogen-bond donors (Lipinski definition) is 0. The van der Waals surface area contributed by atoms with Gasteiger partial charge in [0, 0.05) is 39.2 Å². The summed E-state index contributed by atoms with van der Waals surface area (Å²) in [5.41, 5.74) is 0. The van der Waals surface area contributed by atoms with Crippen LogP contribution in [0.5, 0.6) is 0 Å². The lowest BCUT2D eigenvalue weighted by molar-refractivity contribution is -0.108. The summed E-state index contributed by atoms with van der Waals surface area (Å²) in [4.78, 5) is 13.3. The molecule has 0 radical (unpaired) electrons. The Labute approximate surface area is 109 Å². The fraction of sp³-hybridized carbons (Fsp3) is 0.375. The molecule has 0 aliphatic carbocycles. The lowest BCUT2D eigenvalue weighted by Gasteiger charge is -2.03. The van der Waals surface area contributed by atoms with Crippen molar-refractivity contribution >= 4 is 60.6 Å². The van der Waals surface area contributed by atoms with Crippen molar-refractivity contribution in [2.45, 2.75) is 13.0 Å². The first-order valence-corrected chi connectivity index (χ1v) is 6.57. The van der Waals surface area contributed by atoms with Crippen LogP contribution in [-0.2, 0) is 17.8 Å². The Morgan fingerprint density at radius 2 is 2.15 bits per heavy atom. The molecule has 1 heterocycles. The van der Waals surface area contributed by atoms with Crippen molar-refractivity contribution in [2.75, 3.05) is 7.05 Å². The van der Waals surface area contributed by atoms with Crippen LogP contribution in [0, 0.1) is 0 Å². The Bertz CT molecular complexity index is 298. The molecule has 1 aromatic rings. The summed E-state index contributed by atoms with van der Waals surface area (Å²) in [6.45, 7) is 0.945. The van der Waals surface area contributed by atoms with Gasteiger partial charge in [0.05, 0.1) is 6.42 Å². The van der Waals surface area contributed by atoms with E-state index in [0.717, 1.165) is 11.4 Å². The van der Waals surface area contributed by atoms with Crippen LogP contribution < -0.4 is 0 Å². The molecule has 0 fully saturated rings. The number of rotatable bonds is 4. The molecule has 0 saturated heterocycles. The predicted molar refractivity (Wildman–Crippen MR) is 72.5 cm³/mol. The monoisotopic (exact) mass is 421 g/mol. The maximum atomic E-state index is 10.8. The standard InChI is InChI=1S/C8H9I2NOS/c1-11(10)5-7-3-2-6(13-7)4-8(9)12/h2-3H,4-5H2,1H3. The van der Waals surface area contributed by atoms with Gasteiger partial charge in [0.2, 0.25) is 0 Å². The van der Waals surface area contributed by atoms with E-state index < -0.39 is 0 Å². The van der Waals surface area contributed by atoms with E-state index in [-0.39, 0.29) is 3.79 Å². The molecule has 1 rings (SSSR count). The zero-order valence-corrected chi connectivity index (χ0v) is 12.2. The van der Waals surface area contributed by atoms with Gasteiger partial charge in [0.25, 0.3) is 0 Å². The van der Waals surface area contributed by atoms with Gasteiger partial charge >= 0.3 is 0 Å². The van der Waals surface area contributed by atoms with E-state index >= 15 is 0 Å². The average molecular weight is 421 g/mol. The predicted octanol–water partition coefficient (Wildman–Crippen LogP) is 3.03. The van der Waals surface area contributed by atoms with Gasteiger partial charge in [-0.15, -0.1) is 11.3 Å². The molecule has 0 amide bonds. The summed E-state index contributed by atoms with van der Waals surface area (Å²) in [7, 11) is 2.03. The number of carbonyl (C=O) groups is 1. The SMILES string of the molecule is CN(I)Cc1ccc(CC(=O)I)s1. The molecule has 1 aromatic heterocycles. The minimum atomic E-state index is 0.203. The van der Waals surface area contributed by atoms with Crippen molar-refractivity contribution in [2.24, 2.45) is 0 Å². The van der Waals surface area contributed by atoms with E-state index in [9.17, 15) is 4.79 Å². The third kappa shape index (κ3) is 4.71. The average Bonchev–Trinajstić information content (AvgIpc) is 2.33. The maximum absolute atomic E-state index is 10.8. The second-order valence-electron chi connectivity index (χ2n) is 2.66. The highest BCUT2D eigenvalue weighted by Crippen LogP contribution is 2.20. The Morgan fingerprint density at radius 3 is 2.69 bits per heavy atom. The van der Waals surface area contributed by atoms with E-state index in [4.69, 9.17) is 0 Å². The Balaban J connectivity index is 2.58. The quantitative estimate of drug-likeness (QED) is 0.424. The highest BCUT2D eigenvalue weighted by molar-refractivity contribution is 14.1. The number of carbonyl (C=O) groups excluding carboxylic acids is 1. The summed E-state index contributed by atoms with van der Waals surface area (Å²) in [5.74, 6) is 0. The minimum absolute atomic E-state index is 0.203. The summed E-state index contributed by atoms with van der Waals surface area (Å²) in [6, 6.07) is 4.13. The second-order valence-corrected chi connectivity index (χ2v) is 6.77. The van der Waals surface area contributed by atoms with Crippen LogP contribution in [0.25, 0.3) is 0 Å². The van der Waals surface area contributed by atoms with Crippen LogP contribution in [0.2, 0.25) is 0 Å².